The van der Waals surface area contributed by atoms with Crippen molar-refractivity contribution in [3.8, 4) is 0 Å². The maximum absolute atomic E-state index is 13.1. The minimum Gasteiger partial charge on any atom is -0.726 e. The monoisotopic (exact) mass is 676 g/mol. The fourth-order valence-electron chi connectivity index (χ4n) is 6.13. The number of carbonyl (C=O) groups excluding carboxylic acids is 2. The van der Waals surface area contributed by atoms with Gasteiger partial charge >= 0.3 is 0 Å². The van der Waals surface area contributed by atoms with Gasteiger partial charge in [0.25, 0.3) is 0 Å². The highest BCUT2D eigenvalue weighted by Gasteiger charge is 2.29. The van der Waals surface area contributed by atoms with Crippen LogP contribution in [0, 0.1) is 5.92 Å². The first-order valence-corrected chi connectivity index (χ1v) is 21.0. The van der Waals surface area contributed by atoms with Gasteiger partial charge in [-0.2, -0.15) is 0 Å². The standard InChI is InChI=1S/C37H72O6S.CH5N/c1-4-7-9-11-13-15-17-19-21-23-25-27-29-31-36(38)35(33-34(6-3)43-44(40,41)42)37(39)32-30-28-26-24-22-20-18-16-14-12-10-8-5-2;1-2/h34-35H,4-33H2,1-3H3,(H,40,41,42);2H2,1H3. The first kappa shape index (κ1) is 47.3. The van der Waals surface area contributed by atoms with Gasteiger partial charge < -0.3 is 10.3 Å². The lowest BCUT2D eigenvalue weighted by Crippen LogP contribution is -2.40. The molecule has 0 aliphatic heterocycles. The molecule has 0 saturated heterocycles. The topological polar surface area (TPSA) is 128 Å². The van der Waals surface area contributed by atoms with Crippen LogP contribution < -0.4 is 5.73 Å². The molecule has 1 atom stereocenters. The van der Waals surface area contributed by atoms with Crippen molar-refractivity contribution in [3.05, 3.63) is 0 Å². The number of hydrogen-bond acceptors (Lipinski definition) is 6. The van der Waals surface area contributed by atoms with Crippen LogP contribution in [0.25, 0.3) is 0 Å². The van der Waals surface area contributed by atoms with Crippen LogP contribution in [-0.4, -0.2) is 37.7 Å². The molecule has 1 unspecified atom stereocenters. The third kappa shape index (κ3) is 33.1. The second-order valence-corrected chi connectivity index (χ2v) is 14.2. The lowest BCUT2D eigenvalue weighted by Gasteiger charge is -2.22. The molecule has 7 nitrogen and oxygen atoms in total. The highest BCUT2D eigenvalue weighted by molar-refractivity contribution is 7.80. The highest BCUT2D eigenvalue weighted by Crippen LogP contribution is 2.22. The van der Waals surface area contributed by atoms with Gasteiger partial charge in [0.05, 0.1) is 19.1 Å². The van der Waals surface area contributed by atoms with Crippen LogP contribution in [0.15, 0.2) is 0 Å². The summed E-state index contributed by atoms with van der Waals surface area (Å²) in [6.45, 7) is 6.20. The predicted molar refractivity (Wildman–Crippen MR) is 192 cm³/mol. The van der Waals surface area contributed by atoms with Crippen molar-refractivity contribution >= 4 is 22.0 Å². The molecule has 0 amide bonds. The molecule has 3 N–H and O–H groups in total. The Bertz CT molecular complexity index is 731. The van der Waals surface area contributed by atoms with Crippen LogP contribution in [-0.2, 0) is 24.2 Å². The van der Waals surface area contributed by atoms with E-state index in [1.165, 1.54) is 128 Å². The van der Waals surface area contributed by atoms with E-state index in [0.717, 1.165) is 38.5 Å². The van der Waals surface area contributed by atoms with Crippen LogP contribution in [0.3, 0.4) is 0 Å². The van der Waals surface area contributed by atoms with Crippen LogP contribution >= 0.6 is 0 Å². The molecule has 8 heteroatoms. The lowest BCUT2D eigenvalue weighted by atomic mass is 9.86. The highest BCUT2D eigenvalue weighted by atomic mass is 32.3. The number of carbonyl (C=O) groups is 2. The summed E-state index contributed by atoms with van der Waals surface area (Å²) in [5.41, 5.74) is 3.25. The second kappa shape index (κ2) is 35.5. The quantitative estimate of drug-likeness (QED) is 0.0308. The van der Waals surface area contributed by atoms with E-state index in [4.69, 9.17) is 0 Å². The summed E-state index contributed by atoms with van der Waals surface area (Å²) >= 11 is 0. The first-order valence-electron chi connectivity index (χ1n) is 19.6. The van der Waals surface area contributed by atoms with E-state index in [-0.39, 0.29) is 24.4 Å². The SMILES string of the molecule is CCCCCCCCCCCCCCCC(=O)C(CC(CC)OS(=O)(=O)[O-])C(=O)CCCCCCCCCCCCCCC.C[NH3+]. The first-order chi connectivity index (χ1) is 22.2. The molecular formula is C38H77NO6S. The number of ketones is 2. The molecule has 0 radical (unpaired) electrons. The summed E-state index contributed by atoms with van der Waals surface area (Å²) in [6, 6.07) is 0. The average molecular weight is 676 g/mol. The number of unbranched alkanes of at least 4 members (excludes halogenated alkanes) is 24. The van der Waals surface area contributed by atoms with E-state index < -0.39 is 22.4 Å². The average Bonchev–Trinajstić information content (AvgIpc) is 3.03. The molecule has 276 valence electrons. The molecule has 46 heavy (non-hydrogen) atoms. The molecule has 0 aromatic heterocycles. The largest absolute Gasteiger partial charge is 0.726 e. The van der Waals surface area contributed by atoms with Crippen molar-refractivity contribution in [2.24, 2.45) is 5.92 Å². The van der Waals surface area contributed by atoms with Crippen LogP contribution in [0.5, 0.6) is 0 Å². The maximum Gasteiger partial charge on any atom is 0.217 e. The van der Waals surface area contributed by atoms with E-state index in [2.05, 4.69) is 23.8 Å². The van der Waals surface area contributed by atoms with Gasteiger partial charge in [-0.1, -0.05) is 175 Å². The zero-order chi connectivity index (χ0) is 34.7. The van der Waals surface area contributed by atoms with Gasteiger partial charge in [-0.3, -0.25) is 13.8 Å². The van der Waals surface area contributed by atoms with Crippen molar-refractivity contribution in [1.29, 1.82) is 0 Å². The van der Waals surface area contributed by atoms with E-state index in [1.54, 1.807) is 14.0 Å². The summed E-state index contributed by atoms with van der Waals surface area (Å²) in [5, 5.41) is 0. The molecule has 0 aromatic rings. The molecule has 0 saturated carbocycles. The van der Waals surface area contributed by atoms with Crippen molar-refractivity contribution in [2.45, 2.75) is 219 Å². The Kier molecular flexibility index (Phi) is 36.5. The molecule has 0 aromatic carbocycles. The third-order valence-electron chi connectivity index (χ3n) is 9.04. The number of quaternary nitrogens is 1. The molecule has 0 spiro atoms. The number of rotatable bonds is 35. The zero-order valence-electron chi connectivity index (χ0n) is 30.9. The summed E-state index contributed by atoms with van der Waals surface area (Å²) in [6.07, 6.45) is 31.7. The van der Waals surface area contributed by atoms with E-state index >= 15 is 0 Å². The Balaban J connectivity index is 0. The molecule has 0 fully saturated rings. The van der Waals surface area contributed by atoms with Crippen LogP contribution in [0.1, 0.15) is 213 Å². The van der Waals surface area contributed by atoms with Gasteiger partial charge in [0, 0.05) is 12.8 Å². The van der Waals surface area contributed by atoms with Gasteiger partial charge in [0.1, 0.15) is 11.6 Å². The number of hydrogen-bond donors (Lipinski definition) is 1. The molecule has 0 heterocycles. The van der Waals surface area contributed by atoms with Crippen molar-refractivity contribution in [3.63, 3.8) is 0 Å². The Morgan fingerprint density at radius 3 is 1.02 bits per heavy atom. The Morgan fingerprint density at radius 1 is 0.522 bits per heavy atom. The molecule has 0 aliphatic carbocycles. The predicted octanol–water partition coefficient (Wildman–Crippen LogP) is 10.2. The lowest BCUT2D eigenvalue weighted by molar-refractivity contribution is -0.325. The second-order valence-electron chi connectivity index (χ2n) is 13.2. The fraction of sp³-hybridized carbons (Fsp3) is 0.947. The van der Waals surface area contributed by atoms with Crippen molar-refractivity contribution in [2.75, 3.05) is 7.05 Å². The van der Waals surface area contributed by atoms with E-state index in [0.29, 0.717) is 12.8 Å². The maximum atomic E-state index is 13.1. The Labute approximate surface area is 286 Å². The van der Waals surface area contributed by atoms with Gasteiger partial charge in [0.15, 0.2) is 0 Å². The number of Topliss-reactive ketones (excluding diaryl/α,β-unsaturated/α-hetero) is 2. The Hall–Kier alpha value is -0.830. The summed E-state index contributed by atoms with van der Waals surface area (Å²) in [4.78, 5) is 26.3. The van der Waals surface area contributed by atoms with Gasteiger partial charge in [0.2, 0.25) is 10.4 Å². The smallest absolute Gasteiger partial charge is 0.217 e. The normalized spacial score (nSPS) is 12.2. The van der Waals surface area contributed by atoms with Crippen molar-refractivity contribution in [1.82, 2.24) is 0 Å². The van der Waals surface area contributed by atoms with E-state index in [9.17, 15) is 22.6 Å². The molecule has 0 rings (SSSR count). The molecule has 0 aliphatic rings. The van der Waals surface area contributed by atoms with Gasteiger partial charge in [-0.15, -0.1) is 0 Å². The molecule has 0 bridgehead atoms. The minimum atomic E-state index is -4.89. The fourth-order valence-corrected chi connectivity index (χ4v) is 6.68. The third-order valence-corrected chi connectivity index (χ3v) is 9.55. The molecular weight excluding hydrogens is 598 g/mol. The summed E-state index contributed by atoms with van der Waals surface area (Å²) in [7, 11) is -3.14. The summed E-state index contributed by atoms with van der Waals surface area (Å²) < 4.78 is 38.2. The van der Waals surface area contributed by atoms with E-state index in [1.807, 2.05) is 0 Å². The minimum absolute atomic E-state index is 0.0213. The summed E-state index contributed by atoms with van der Waals surface area (Å²) in [5.74, 6) is -1.13. The van der Waals surface area contributed by atoms with Crippen LogP contribution in [0.2, 0.25) is 0 Å². The Morgan fingerprint density at radius 2 is 0.783 bits per heavy atom. The van der Waals surface area contributed by atoms with Crippen LogP contribution in [0.4, 0.5) is 0 Å². The van der Waals surface area contributed by atoms with Crippen molar-refractivity contribution < 1.29 is 32.5 Å². The van der Waals surface area contributed by atoms with Gasteiger partial charge in [-0.25, -0.2) is 8.42 Å². The van der Waals surface area contributed by atoms with Gasteiger partial charge in [-0.05, 0) is 25.7 Å². The zero-order valence-corrected chi connectivity index (χ0v) is 31.7.